The smallest absolute Gasteiger partial charge is 0.410 e. The van der Waals surface area contributed by atoms with E-state index in [-0.39, 0.29) is 53.9 Å². The van der Waals surface area contributed by atoms with Gasteiger partial charge in [0.25, 0.3) is 0 Å². The van der Waals surface area contributed by atoms with Crippen LogP contribution in [0.1, 0.15) is 46.1 Å². The Bertz CT molecular complexity index is 938. The fourth-order valence-corrected chi connectivity index (χ4v) is 5.55. The summed E-state index contributed by atoms with van der Waals surface area (Å²) in [5.41, 5.74) is 1.65. The van der Waals surface area contributed by atoms with Crippen LogP contribution in [0.15, 0.2) is 42.0 Å². The average Bonchev–Trinajstić information content (AvgIpc) is 2.76. The Morgan fingerprint density at radius 3 is 2.44 bits per heavy atom. The zero-order valence-electron chi connectivity index (χ0n) is 21.2. The molecule has 1 aromatic carbocycles. The normalized spacial score (nSPS) is 21.8. The zero-order chi connectivity index (χ0) is 25.1. The van der Waals surface area contributed by atoms with E-state index in [1.807, 2.05) is 37.3 Å². The predicted molar refractivity (Wildman–Crippen MR) is 134 cm³/mol. The summed E-state index contributed by atoms with van der Waals surface area (Å²) in [6, 6.07) is 9.32. The third kappa shape index (κ3) is 6.15. The molecule has 3 rings (SSSR count). The number of nitrogens with zero attached hydrogens (tertiary/aromatic N) is 1. The molecule has 0 saturated carbocycles. The highest BCUT2D eigenvalue weighted by atomic mass is 28.4. The van der Waals surface area contributed by atoms with Crippen LogP contribution in [0, 0.1) is 5.92 Å². The molecule has 1 N–H and O–H groups in total. The van der Waals surface area contributed by atoms with Gasteiger partial charge in [0.15, 0.2) is 14.1 Å². The lowest BCUT2D eigenvalue weighted by Gasteiger charge is -2.45. The minimum absolute atomic E-state index is 0.0202. The van der Waals surface area contributed by atoms with Gasteiger partial charge in [0.2, 0.25) is 5.91 Å². The molecule has 2 aliphatic heterocycles. The summed E-state index contributed by atoms with van der Waals surface area (Å²) in [4.78, 5) is 39.2. The molecule has 1 fully saturated rings. The van der Waals surface area contributed by atoms with Crippen molar-refractivity contribution in [3.8, 4) is 0 Å². The van der Waals surface area contributed by atoms with Crippen molar-refractivity contribution in [2.45, 2.75) is 77.4 Å². The first-order valence-electron chi connectivity index (χ1n) is 12.0. The van der Waals surface area contributed by atoms with Crippen molar-refractivity contribution in [3.05, 3.63) is 47.5 Å². The Morgan fingerprint density at radius 2 is 1.88 bits per heavy atom. The average molecular weight is 487 g/mol. The van der Waals surface area contributed by atoms with Crippen molar-refractivity contribution in [1.82, 2.24) is 10.2 Å². The largest absolute Gasteiger partial charge is 0.445 e. The Hall–Kier alpha value is -2.45. The third-order valence-corrected chi connectivity index (χ3v) is 11.9. The number of β-lactam (4-membered cyclic amide) rings is 1. The maximum Gasteiger partial charge on any atom is 0.410 e. The van der Waals surface area contributed by atoms with Gasteiger partial charge in [-0.3, -0.25) is 9.59 Å². The molecule has 1 aromatic rings. The summed E-state index contributed by atoms with van der Waals surface area (Å²) >= 11 is 0. The van der Waals surface area contributed by atoms with E-state index in [1.165, 1.54) is 0 Å². The molecule has 0 spiro atoms. The Labute approximate surface area is 204 Å². The Kier molecular flexibility index (Phi) is 8.03. The van der Waals surface area contributed by atoms with E-state index in [1.54, 1.807) is 11.0 Å². The molecule has 0 radical (unpaired) electrons. The van der Waals surface area contributed by atoms with Crippen LogP contribution in [0.3, 0.4) is 0 Å². The van der Waals surface area contributed by atoms with E-state index >= 15 is 0 Å². The van der Waals surface area contributed by atoms with Crippen molar-refractivity contribution in [2.24, 2.45) is 5.92 Å². The van der Waals surface area contributed by atoms with Crippen molar-refractivity contribution in [1.29, 1.82) is 0 Å². The van der Waals surface area contributed by atoms with Crippen LogP contribution >= 0.6 is 0 Å². The van der Waals surface area contributed by atoms with Crippen molar-refractivity contribution >= 4 is 26.1 Å². The number of carbonyl (C=O) groups is 3. The van der Waals surface area contributed by atoms with Crippen LogP contribution in [0.2, 0.25) is 18.1 Å². The first-order valence-corrected chi connectivity index (χ1v) is 15.0. The topological polar surface area (TPSA) is 84.9 Å². The number of rotatable bonds is 8. The minimum Gasteiger partial charge on any atom is -0.445 e. The number of amides is 2. The molecule has 34 heavy (non-hydrogen) atoms. The molecular formula is C26H38N2O5Si. The van der Waals surface area contributed by atoms with Gasteiger partial charge >= 0.3 is 6.09 Å². The number of benzene rings is 1. The van der Waals surface area contributed by atoms with Crippen LogP contribution in [0.4, 0.5) is 4.79 Å². The van der Waals surface area contributed by atoms with Crippen molar-refractivity contribution in [3.63, 3.8) is 0 Å². The summed E-state index contributed by atoms with van der Waals surface area (Å²) in [5.74, 6) is -0.340. The summed E-state index contributed by atoms with van der Waals surface area (Å²) in [6.45, 7) is 13.8. The van der Waals surface area contributed by atoms with E-state index in [9.17, 15) is 14.4 Å². The van der Waals surface area contributed by atoms with Crippen LogP contribution in [-0.2, 0) is 25.4 Å². The highest BCUT2D eigenvalue weighted by Crippen LogP contribution is 2.39. The fourth-order valence-electron chi connectivity index (χ4n) is 4.12. The quantitative estimate of drug-likeness (QED) is 0.434. The Morgan fingerprint density at radius 1 is 1.21 bits per heavy atom. The number of ether oxygens (including phenoxy) is 1. The molecule has 2 heterocycles. The van der Waals surface area contributed by atoms with Crippen molar-refractivity contribution in [2.75, 3.05) is 13.1 Å². The van der Waals surface area contributed by atoms with E-state index in [4.69, 9.17) is 9.16 Å². The number of carbonyl (C=O) groups excluding carboxylic acids is 3. The number of Topliss-reactive ketones (excluding diaryl/α,β-unsaturated/α-hetero) is 1. The number of ketones is 1. The van der Waals surface area contributed by atoms with Crippen LogP contribution < -0.4 is 5.32 Å². The van der Waals surface area contributed by atoms with E-state index in [0.29, 0.717) is 25.1 Å². The van der Waals surface area contributed by atoms with Gasteiger partial charge in [-0.25, -0.2) is 4.79 Å². The minimum atomic E-state index is -2.02. The number of nitrogens with one attached hydrogen (secondary N) is 1. The van der Waals surface area contributed by atoms with Gasteiger partial charge in [0.05, 0.1) is 18.1 Å². The third-order valence-electron chi connectivity index (χ3n) is 7.29. The fraction of sp³-hybridized carbons (Fsp3) is 0.577. The molecule has 0 aliphatic carbocycles. The van der Waals surface area contributed by atoms with Gasteiger partial charge in [-0.1, -0.05) is 57.2 Å². The second kappa shape index (κ2) is 10.4. The van der Waals surface area contributed by atoms with Gasteiger partial charge in [0, 0.05) is 19.5 Å². The zero-order valence-corrected chi connectivity index (χ0v) is 22.2. The van der Waals surface area contributed by atoms with E-state index in [0.717, 1.165) is 5.56 Å². The maximum atomic E-state index is 12.9. The molecule has 2 amide bonds. The van der Waals surface area contributed by atoms with Crippen LogP contribution in [0.5, 0.6) is 0 Å². The molecule has 0 unspecified atom stereocenters. The molecule has 2 aliphatic rings. The van der Waals surface area contributed by atoms with Gasteiger partial charge in [-0.2, -0.15) is 0 Å². The first-order chi connectivity index (χ1) is 15.9. The summed E-state index contributed by atoms with van der Waals surface area (Å²) in [5, 5.41) is 2.94. The first kappa shape index (κ1) is 26.2. The van der Waals surface area contributed by atoms with Crippen LogP contribution in [-0.4, -0.2) is 56.2 Å². The second-order valence-electron chi connectivity index (χ2n) is 10.8. The lowest BCUT2D eigenvalue weighted by molar-refractivity contribution is -0.141. The molecule has 8 heteroatoms. The molecular weight excluding hydrogens is 448 g/mol. The maximum absolute atomic E-state index is 12.9. The monoisotopic (exact) mass is 486 g/mol. The second-order valence-corrected chi connectivity index (χ2v) is 15.6. The summed E-state index contributed by atoms with van der Waals surface area (Å²) < 4.78 is 11.8. The van der Waals surface area contributed by atoms with Gasteiger partial charge in [0.1, 0.15) is 6.61 Å². The number of hydrogen-bond acceptors (Lipinski definition) is 5. The molecule has 0 aromatic heterocycles. The molecule has 186 valence electrons. The van der Waals surface area contributed by atoms with Gasteiger partial charge in [-0.15, -0.1) is 0 Å². The van der Waals surface area contributed by atoms with Gasteiger partial charge in [-0.05, 0) is 42.6 Å². The van der Waals surface area contributed by atoms with Crippen LogP contribution in [0.25, 0.3) is 0 Å². The number of hydrogen-bond donors (Lipinski definition) is 1. The molecule has 1 saturated heterocycles. The molecule has 3 atom stereocenters. The lowest BCUT2D eigenvalue weighted by Crippen LogP contribution is -2.64. The Balaban J connectivity index is 1.50. The summed E-state index contributed by atoms with van der Waals surface area (Å²) in [6.07, 6.45) is 1.94. The summed E-state index contributed by atoms with van der Waals surface area (Å²) in [7, 11) is -2.02. The van der Waals surface area contributed by atoms with E-state index < -0.39 is 8.32 Å². The lowest BCUT2D eigenvalue weighted by atomic mass is 9.82. The van der Waals surface area contributed by atoms with Crippen molar-refractivity contribution < 1.29 is 23.5 Å². The standard InChI is InChI=1S/C26H38N2O5Si/c1-18(33-34(5,6)26(2,3)4)23-21(27-24(23)30)16-22(29)20-12-14-28(15-13-20)25(31)32-17-19-10-8-7-9-11-19/h7-12,18,21,23H,13-17H2,1-6H3,(H,27,30)/t18-,21-,23-/m1/s1. The van der Waals surface area contributed by atoms with E-state index in [2.05, 4.69) is 39.2 Å². The SMILES string of the molecule is C[C@@H](O[Si](C)(C)C(C)(C)C)[C@H]1C(=O)N[C@@H]1CC(=O)C1=CCN(C(=O)OCc2ccccc2)CC1. The highest BCUT2D eigenvalue weighted by Gasteiger charge is 2.48. The molecule has 7 nitrogen and oxygen atoms in total. The highest BCUT2D eigenvalue weighted by molar-refractivity contribution is 6.74. The van der Waals surface area contributed by atoms with Gasteiger partial charge < -0.3 is 19.4 Å². The predicted octanol–water partition coefficient (Wildman–Crippen LogP) is 4.44. The molecule has 0 bridgehead atoms.